The fourth-order valence-corrected chi connectivity index (χ4v) is 1.96. The highest BCUT2D eigenvalue weighted by molar-refractivity contribution is 6.32. The standard InChI is InChI=1S/C10H12ClN3O2.ClH/c11-9-8(14-5-3-12-4-6-14)2-1-7(13-9)10(15)16;/h1-2,12H,3-6H2,(H,15,16);1H. The van der Waals surface area contributed by atoms with E-state index in [1.165, 1.54) is 6.07 Å². The fourth-order valence-electron chi connectivity index (χ4n) is 1.69. The minimum absolute atomic E-state index is 0. The Morgan fingerprint density at radius 2 is 2.06 bits per heavy atom. The molecule has 1 fully saturated rings. The summed E-state index contributed by atoms with van der Waals surface area (Å²) < 4.78 is 0. The Bertz CT molecular complexity index is 409. The smallest absolute Gasteiger partial charge is 0.354 e. The van der Waals surface area contributed by atoms with Gasteiger partial charge in [0.25, 0.3) is 0 Å². The number of halogens is 2. The van der Waals surface area contributed by atoms with Gasteiger partial charge in [-0.3, -0.25) is 0 Å². The van der Waals surface area contributed by atoms with Gasteiger partial charge in [-0.1, -0.05) is 11.6 Å². The topological polar surface area (TPSA) is 65.5 Å². The summed E-state index contributed by atoms with van der Waals surface area (Å²) >= 11 is 5.97. The van der Waals surface area contributed by atoms with Gasteiger partial charge in [0, 0.05) is 26.2 Å². The first-order valence-electron chi connectivity index (χ1n) is 5.04. The Hall–Kier alpha value is -1.04. The molecular formula is C10H13Cl2N3O2. The Balaban J connectivity index is 0.00000144. The van der Waals surface area contributed by atoms with Crippen molar-refractivity contribution in [1.82, 2.24) is 10.3 Å². The molecule has 0 amide bonds. The van der Waals surface area contributed by atoms with Gasteiger partial charge in [-0.2, -0.15) is 0 Å². The van der Waals surface area contributed by atoms with Crippen LogP contribution >= 0.6 is 24.0 Å². The van der Waals surface area contributed by atoms with E-state index in [0.717, 1.165) is 31.9 Å². The lowest BCUT2D eigenvalue weighted by atomic mass is 10.3. The van der Waals surface area contributed by atoms with Crippen molar-refractivity contribution in [3.8, 4) is 0 Å². The summed E-state index contributed by atoms with van der Waals surface area (Å²) in [6.07, 6.45) is 0. The third-order valence-electron chi connectivity index (χ3n) is 2.51. The average Bonchev–Trinajstić information content (AvgIpc) is 2.30. The Kier molecular flexibility index (Phi) is 4.99. The highest BCUT2D eigenvalue weighted by atomic mass is 35.5. The first-order valence-corrected chi connectivity index (χ1v) is 5.42. The van der Waals surface area contributed by atoms with Crippen LogP contribution in [-0.2, 0) is 0 Å². The van der Waals surface area contributed by atoms with Gasteiger partial charge < -0.3 is 15.3 Å². The van der Waals surface area contributed by atoms with Crippen LogP contribution in [0.5, 0.6) is 0 Å². The summed E-state index contributed by atoms with van der Waals surface area (Å²) in [5.74, 6) is -1.06. The molecule has 7 heteroatoms. The normalized spacial score (nSPS) is 15.2. The van der Waals surface area contributed by atoms with Crippen LogP contribution in [0.3, 0.4) is 0 Å². The van der Waals surface area contributed by atoms with E-state index in [2.05, 4.69) is 15.2 Å². The Morgan fingerprint density at radius 1 is 1.41 bits per heavy atom. The molecule has 2 heterocycles. The lowest BCUT2D eigenvalue weighted by Gasteiger charge is -2.29. The third kappa shape index (κ3) is 3.21. The fraction of sp³-hybridized carbons (Fsp3) is 0.400. The van der Waals surface area contributed by atoms with Crippen molar-refractivity contribution in [3.05, 3.63) is 23.0 Å². The number of carboxylic acids is 1. The molecule has 1 aromatic heterocycles. The summed E-state index contributed by atoms with van der Waals surface area (Å²) in [6.45, 7) is 3.51. The SMILES string of the molecule is Cl.O=C(O)c1ccc(N2CCNCC2)c(Cl)n1. The van der Waals surface area contributed by atoms with Crippen molar-refractivity contribution >= 4 is 35.7 Å². The number of pyridine rings is 1. The molecule has 0 aliphatic carbocycles. The van der Waals surface area contributed by atoms with E-state index >= 15 is 0 Å². The predicted molar refractivity (Wildman–Crippen MR) is 68.5 cm³/mol. The number of carbonyl (C=O) groups is 1. The van der Waals surface area contributed by atoms with Crippen molar-refractivity contribution in [2.75, 3.05) is 31.1 Å². The first-order chi connectivity index (χ1) is 7.68. The Morgan fingerprint density at radius 3 is 2.59 bits per heavy atom. The zero-order valence-electron chi connectivity index (χ0n) is 9.02. The van der Waals surface area contributed by atoms with Crippen molar-refractivity contribution in [1.29, 1.82) is 0 Å². The summed E-state index contributed by atoms with van der Waals surface area (Å²) in [7, 11) is 0. The largest absolute Gasteiger partial charge is 0.477 e. The second-order valence-electron chi connectivity index (χ2n) is 3.55. The molecule has 1 aliphatic heterocycles. The van der Waals surface area contributed by atoms with Crippen molar-refractivity contribution in [2.45, 2.75) is 0 Å². The van der Waals surface area contributed by atoms with Gasteiger partial charge in [0.15, 0.2) is 5.15 Å². The molecule has 0 spiro atoms. The zero-order valence-corrected chi connectivity index (χ0v) is 10.6. The lowest BCUT2D eigenvalue weighted by Crippen LogP contribution is -2.43. The molecule has 0 radical (unpaired) electrons. The van der Waals surface area contributed by atoms with Gasteiger partial charge in [-0.05, 0) is 12.1 Å². The van der Waals surface area contributed by atoms with Gasteiger partial charge in [0.05, 0.1) is 5.69 Å². The number of hydrogen-bond donors (Lipinski definition) is 2. The maximum absolute atomic E-state index is 10.7. The molecule has 1 aromatic rings. The lowest BCUT2D eigenvalue weighted by molar-refractivity contribution is 0.0690. The summed E-state index contributed by atoms with van der Waals surface area (Å²) in [4.78, 5) is 16.6. The molecule has 2 N–H and O–H groups in total. The molecular weight excluding hydrogens is 265 g/mol. The molecule has 94 valence electrons. The van der Waals surface area contributed by atoms with Crippen LogP contribution in [0.2, 0.25) is 5.15 Å². The van der Waals surface area contributed by atoms with E-state index in [0.29, 0.717) is 0 Å². The maximum Gasteiger partial charge on any atom is 0.354 e. The highest BCUT2D eigenvalue weighted by Gasteiger charge is 2.16. The molecule has 0 aromatic carbocycles. The predicted octanol–water partition coefficient (Wildman–Crippen LogP) is 1.26. The molecule has 1 aliphatic rings. The van der Waals surface area contributed by atoms with Crippen molar-refractivity contribution in [2.24, 2.45) is 0 Å². The highest BCUT2D eigenvalue weighted by Crippen LogP contribution is 2.24. The summed E-state index contributed by atoms with van der Waals surface area (Å²) in [6, 6.07) is 3.19. The van der Waals surface area contributed by atoms with E-state index in [1.807, 2.05) is 0 Å². The van der Waals surface area contributed by atoms with E-state index in [4.69, 9.17) is 16.7 Å². The van der Waals surface area contributed by atoms with Crippen LogP contribution in [0.4, 0.5) is 5.69 Å². The number of nitrogens with zero attached hydrogens (tertiary/aromatic N) is 2. The maximum atomic E-state index is 10.7. The van der Waals surface area contributed by atoms with Crippen LogP contribution in [0.15, 0.2) is 12.1 Å². The number of rotatable bonds is 2. The number of aromatic nitrogens is 1. The molecule has 0 unspecified atom stereocenters. The van der Waals surface area contributed by atoms with Crippen molar-refractivity contribution < 1.29 is 9.90 Å². The molecule has 0 bridgehead atoms. The number of hydrogen-bond acceptors (Lipinski definition) is 4. The summed E-state index contributed by atoms with van der Waals surface area (Å²) in [5, 5.41) is 12.3. The molecule has 5 nitrogen and oxygen atoms in total. The quantitative estimate of drug-likeness (QED) is 0.797. The van der Waals surface area contributed by atoms with E-state index < -0.39 is 5.97 Å². The molecule has 17 heavy (non-hydrogen) atoms. The summed E-state index contributed by atoms with van der Waals surface area (Å²) in [5.41, 5.74) is 0.775. The minimum Gasteiger partial charge on any atom is -0.477 e. The average molecular weight is 278 g/mol. The van der Waals surface area contributed by atoms with Gasteiger partial charge in [-0.25, -0.2) is 9.78 Å². The number of anilines is 1. The van der Waals surface area contributed by atoms with E-state index in [1.54, 1.807) is 6.07 Å². The van der Waals surface area contributed by atoms with Gasteiger partial charge in [0.1, 0.15) is 5.69 Å². The van der Waals surface area contributed by atoms with Crippen LogP contribution in [0, 0.1) is 0 Å². The van der Waals surface area contributed by atoms with Crippen LogP contribution in [0.1, 0.15) is 10.5 Å². The second-order valence-corrected chi connectivity index (χ2v) is 3.91. The Labute approximate surface area is 110 Å². The third-order valence-corrected chi connectivity index (χ3v) is 2.78. The number of aromatic carboxylic acids is 1. The van der Waals surface area contributed by atoms with E-state index in [-0.39, 0.29) is 23.3 Å². The number of piperazine rings is 1. The molecule has 1 saturated heterocycles. The first kappa shape index (κ1) is 14.0. The number of carboxylic acid groups (broad SMARTS) is 1. The number of nitrogens with one attached hydrogen (secondary N) is 1. The minimum atomic E-state index is -1.06. The monoisotopic (exact) mass is 277 g/mol. The molecule has 0 saturated carbocycles. The molecule has 0 atom stereocenters. The van der Waals surface area contributed by atoms with Gasteiger partial charge in [-0.15, -0.1) is 12.4 Å². The van der Waals surface area contributed by atoms with E-state index in [9.17, 15) is 4.79 Å². The van der Waals surface area contributed by atoms with Crippen LogP contribution in [0.25, 0.3) is 0 Å². The zero-order chi connectivity index (χ0) is 11.5. The second kappa shape index (κ2) is 6.05. The van der Waals surface area contributed by atoms with Gasteiger partial charge in [0.2, 0.25) is 0 Å². The molecule has 2 rings (SSSR count). The van der Waals surface area contributed by atoms with Crippen molar-refractivity contribution in [3.63, 3.8) is 0 Å². The van der Waals surface area contributed by atoms with Crippen LogP contribution < -0.4 is 10.2 Å². The van der Waals surface area contributed by atoms with Gasteiger partial charge >= 0.3 is 5.97 Å². The van der Waals surface area contributed by atoms with Crippen LogP contribution in [-0.4, -0.2) is 42.2 Å².